The molecule has 2 aromatic rings. The molecule has 3 nitrogen and oxygen atoms in total. The molecule has 1 amide bonds. The van der Waals surface area contributed by atoms with Gasteiger partial charge in [0.15, 0.2) is 0 Å². The predicted octanol–water partition coefficient (Wildman–Crippen LogP) is 4.83. The van der Waals surface area contributed by atoms with Crippen LogP contribution >= 0.6 is 15.9 Å². The van der Waals surface area contributed by atoms with Gasteiger partial charge in [-0.3, -0.25) is 4.79 Å². The van der Waals surface area contributed by atoms with Gasteiger partial charge in [0.05, 0.1) is 12.2 Å². The number of carbonyl (C=O) groups is 1. The fraction of sp³-hybridized carbons (Fsp3) is 0.316. The fourth-order valence-corrected chi connectivity index (χ4v) is 3.26. The van der Waals surface area contributed by atoms with Gasteiger partial charge in [0, 0.05) is 16.7 Å². The average Bonchev–Trinajstić information content (AvgIpc) is 2.59. The minimum atomic E-state index is 0.00422. The summed E-state index contributed by atoms with van der Waals surface area (Å²) >= 11 is 3.46. The van der Waals surface area contributed by atoms with E-state index in [4.69, 9.17) is 4.74 Å². The molecule has 2 aromatic carbocycles. The van der Waals surface area contributed by atoms with E-state index in [1.54, 1.807) is 0 Å². The van der Waals surface area contributed by atoms with E-state index in [0.29, 0.717) is 17.9 Å². The zero-order valence-electron chi connectivity index (χ0n) is 13.2. The van der Waals surface area contributed by atoms with Gasteiger partial charge in [-0.05, 0) is 49.1 Å². The van der Waals surface area contributed by atoms with Crippen LogP contribution in [0.4, 0.5) is 5.69 Å². The second-order valence-corrected chi connectivity index (χ2v) is 6.59. The van der Waals surface area contributed by atoms with Crippen molar-refractivity contribution in [1.29, 1.82) is 0 Å². The van der Waals surface area contributed by atoms with Crippen molar-refractivity contribution in [3.05, 3.63) is 58.1 Å². The first-order chi connectivity index (χ1) is 11.2. The summed E-state index contributed by atoms with van der Waals surface area (Å²) in [7, 11) is 0. The summed E-state index contributed by atoms with van der Waals surface area (Å²) in [6.07, 6.45) is 2.93. The van der Waals surface area contributed by atoms with Crippen molar-refractivity contribution < 1.29 is 9.53 Å². The van der Waals surface area contributed by atoms with Gasteiger partial charge in [-0.2, -0.15) is 0 Å². The monoisotopic (exact) mass is 373 g/mol. The van der Waals surface area contributed by atoms with E-state index < -0.39 is 0 Å². The molecule has 0 saturated carbocycles. The van der Waals surface area contributed by atoms with Crippen LogP contribution in [0, 0.1) is 0 Å². The maximum Gasteiger partial charge on any atom is 0.262 e. The van der Waals surface area contributed by atoms with Gasteiger partial charge >= 0.3 is 0 Å². The number of benzene rings is 2. The van der Waals surface area contributed by atoms with Gasteiger partial charge in [0.2, 0.25) is 0 Å². The highest BCUT2D eigenvalue weighted by atomic mass is 79.9. The van der Waals surface area contributed by atoms with Crippen LogP contribution in [0.5, 0.6) is 5.75 Å². The predicted molar refractivity (Wildman–Crippen MR) is 96.4 cm³/mol. The van der Waals surface area contributed by atoms with Gasteiger partial charge in [-0.1, -0.05) is 41.1 Å². The first kappa shape index (κ1) is 16.1. The molecular weight excluding hydrogens is 354 g/mol. The molecule has 23 heavy (non-hydrogen) atoms. The number of rotatable bonds is 4. The summed E-state index contributed by atoms with van der Waals surface area (Å²) in [6.45, 7) is 3.41. The van der Waals surface area contributed by atoms with Gasteiger partial charge in [0.1, 0.15) is 5.75 Å². The van der Waals surface area contributed by atoms with E-state index in [2.05, 4.69) is 28.9 Å². The number of hydrogen-bond donors (Lipinski definition) is 0. The van der Waals surface area contributed by atoms with Crippen molar-refractivity contribution in [1.82, 2.24) is 0 Å². The zero-order chi connectivity index (χ0) is 16.2. The lowest BCUT2D eigenvalue weighted by Gasteiger charge is -2.30. The number of nitrogens with zero attached hydrogens (tertiary/aromatic N) is 1. The molecule has 1 aliphatic rings. The molecule has 3 rings (SSSR count). The second kappa shape index (κ2) is 7.18. The molecule has 120 valence electrons. The Balaban J connectivity index is 1.96. The van der Waals surface area contributed by atoms with E-state index in [1.165, 1.54) is 5.56 Å². The molecule has 0 bridgehead atoms. The third-order valence-electron chi connectivity index (χ3n) is 3.99. The Labute approximate surface area is 145 Å². The van der Waals surface area contributed by atoms with Gasteiger partial charge < -0.3 is 9.64 Å². The number of amides is 1. The Bertz CT molecular complexity index is 714. The zero-order valence-corrected chi connectivity index (χ0v) is 14.8. The third kappa shape index (κ3) is 3.42. The molecule has 0 radical (unpaired) electrons. The van der Waals surface area contributed by atoms with Crippen LogP contribution in [0.25, 0.3) is 0 Å². The SMILES string of the molecule is CCCOc1ccc(Br)cc1C(=O)N1CCCc2ccccc21. The van der Waals surface area contributed by atoms with Crippen LogP contribution in [0.3, 0.4) is 0 Å². The van der Waals surface area contributed by atoms with Crippen LogP contribution in [0.1, 0.15) is 35.7 Å². The molecule has 0 unspecified atom stereocenters. The minimum absolute atomic E-state index is 0.00422. The van der Waals surface area contributed by atoms with Gasteiger partial charge in [-0.25, -0.2) is 0 Å². The highest BCUT2D eigenvalue weighted by Crippen LogP contribution is 2.31. The van der Waals surface area contributed by atoms with Crippen LogP contribution in [-0.2, 0) is 6.42 Å². The number of ether oxygens (including phenoxy) is 1. The van der Waals surface area contributed by atoms with E-state index in [1.807, 2.05) is 41.3 Å². The third-order valence-corrected chi connectivity index (χ3v) is 4.48. The van der Waals surface area contributed by atoms with E-state index in [0.717, 1.165) is 36.0 Å². The minimum Gasteiger partial charge on any atom is -0.493 e. The van der Waals surface area contributed by atoms with Crippen molar-refractivity contribution in [2.75, 3.05) is 18.1 Å². The van der Waals surface area contributed by atoms with Gasteiger partial charge in [0.25, 0.3) is 5.91 Å². The van der Waals surface area contributed by atoms with Crippen LogP contribution in [0.2, 0.25) is 0 Å². The lowest BCUT2D eigenvalue weighted by molar-refractivity contribution is 0.0981. The lowest BCUT2D eigenvalue weighted by atomic mass is 10.0. The quantitative estimate of drug-likeness (QED) is 0.767. The molecule has 0 fully saturated rings. The van der Waals surface area contributed by atoms with Crippen molar-refractivity contribution >= 4 is 27.5 Å². The first-order valence-electron chi connectivity index (χ1n) is 8.03. The second-order valence-electron chi connectivity index (χ2n) is 5.68. The molecule has 4 heteroatoms. The van der Waals surface area contributed by atoms with E-state index in [-0.39, 0.29) is 5.91 Å². The average molecular weight is 374 g/mol. The topological polar surface area (TPSA) is 29.5 Å². The molecule has 0 N–H and O–H groups in total. The normalized spacial score (nSPS) is 13.6. The summed E-state index contributed by atoms with van der Waals surface area (Å²) in [5.74, 6) is 0.660. The van der Waals surface area contributed by atoms with Crippen molar-refractivity contribution in [2.45, 2.75) is 26.2 Å². The molecule has 1 heterocycles. The Kier molecular flexibility index (Phi) is 5.01. The summed E-state index contributed by atoms with van der Waals surface area (Å²) in [4.78, 5) is 15.0. The Morgan fingerprint density at radius 1 is 1.26 bits per heavy atom. The highest BCUT2D eigenvalue weighted by Gasteiger charge is 2.25. The fourth-order valence-electron chi connectivity index (χ4n) is 2.90. The summed E-state index contributed by atoms with van der Waals surface area (Å²) in [5, 5.41) is 0. The molecular formula is C19H20BrNO2. The van der Waals surface area contributed by atoms with Crippen LogP contribution in [-0.4, -0.2) is 19.1 Å². The number of fused-ring (bicyclic) bond motifs is 1. The molecule has 0 spiro atoms. The highest BCUT2D eigenvalue weighted by molar-refractivity contribution is 9.10. The Morgan fingerprint density at radius 2 is 2.09 bits per heavy atom. The summed E-state index contributed by atoms with van der Waals surface area (Å²) in [6, 6.07) is 13.8. The molecule has 0 saturated heterocycles. The number of hydrogen-bond acceptors (Lipinski definition) is 2. The lowest BCUT2D eigenvalue weighted by Crippen LogP contribution is -2.35. The Hall–Kier alpha value is -1.81. The summed E-state index contributed by atoms with van der Waals surface area (Å²) in [5.41, 5.74) is 2.87. The van der Waals surface area contributed by atoms with Crippen molar-refractivity contribution in [3.8, 4) is 5.75 Å². The van der Waals surface area contributed by atoms with E-state index >= 15 is 0 Å². The number of halogens is 1. The Morgan fingerprint density at radius 3 is 2.91 bits per heavy atom. The number of carbonyl (C=O) groups excluding carboxylic acids is 1. The van der Waals surface area contributed by atoms with Crippen LogP contribution in [0.15, 0.2) is 46.9 Å². The summed E-state index contributed by atoms with van der Waals surface area (Å²) < 4.78 is 6.66. The largest absolute Gasteiger partial charge is 0.493 e. The van der Waals surface area contributed by atoms with Crippen molar-refractivity contribution in [2.24, 2.45) is 0 Å². The molecule has 0 atom stereocenters. The molecule has 1 aliphatic heterocycles. The smallest absolute Gasteiger partial charge is 0.262 e. The van der Waals surface area contributed by atoms with E-state index in [9.17, 15) is 4.79 Å². The molecule has 0 aliphatic carbocycles. The maximum atomic E-state index is 13.1. The standard InChI is InChI=1S/C19H20BrNO2/c1-2-12-23-18-10-9-15(20)13-16(18)19(22)21-11-5-7-14-6-3-4-8-17(14)21/h3-4,6,8-10,13H,2,5,7,11-12H2,1H3. The number of anilines is 1. The maximum absolute atomic E-state index is 13.1. The number of para-hydroxylation sites is 1. The first-order valence-corrected chi connectivity index (χ1v) is 8.82. The van der Waals surface area contributed by atoms with Crippen molar-refractivity contribution in [3.63, 3.8) is 0 Å². The van der Waals surface area contributed by atoms with Gasteiger partial charge in [-0.15, -0.1) is 0 Å². The van der Waals surface area contributed by atoms with Crippen LogP contribution < -0.4 is 9.64 Å². The number of aryl methyl sites for hydroxylation is 1. The molecule has 0 aromatic heterocycles.